The minimum atomic E-state index is -1.86. The van der Waals surface area contributed by atoms with E-state index in [2.05, 4.69) is 0 Å². The lowest BCUT2D eigenvalue weighted by atomic mass is 10.0. The van der Waals surface area contributed by atoms with Gasteiger partial charge >= 0.3 is 0 Å². The quantitative estimate of drug-likeness (QED) is 0.101. The van der Waals surface area contributed by atoms with Gasteiger partial charge in [0, 0.05) is 39.3 Å². The van der Waals surface area contributed by atoms with E-state index in [-0.39, 0.29) is 11.4 Å². The highest BCUT2D eigenvalue weighted by atomic mass is 16.4. The molecule has 14 heteroatoms. The van der Waals surface area contributed by atoms with Crippen LogP contribution in [0.2, 0.25) is 0 Å². The van der Waals surface area contributed by atoms with E-state index in [0.717, 1.165) is 22.0 Å². The first-order valence-corrected chi connectivity index (χ1v) is 10.4. The van der Waals surface area contributed by atoms with Gasteiger partial charge in [-0.05, 0) is 0 Å². The van der Waals surface area contributed by atoms with Gasteiger partial charge in [0.15, 0.2) is 0 Å². The molecule has 0 heterocycles. The van der Waals surface area contributed by atoms with Gasteiger partial charge < -0.3 is 60.9 Å². The average Bonchev–Trinajstić information content (AvgIpc) is 2.81. The summed E-state index contributed by atoms with van der Waals surface area (Å²) in [6.07, 6.45) is -12.3. The Labute approximate surface area is 195 Å². The molecule has 0 saturated heterocycles. The van der Waals surface area contributed by atoms with Crippen molar-refractivity contribution < 1.29 is 60.7 Å². The van der Waals surface area contributed by atoms with E-state index in [1.54, 1.807) is 0 Å². The lowest BCUT2D eigenvalue weighted by molar-refractivity contribution is -0.122. The van der Waals surface area contributed by atoms with E-state index >= 15 is 0 Å². The lowest BCUT2D eigenvalue weighted by Crippen LogP contribution is -2.50. The van der Waals surface area contributed by atoms with E-state index in [1.807, 2.05) is 0 Å². The molecule has 1 aliphatic carbocycles. The second kappa shape index (κ2) is 13.2. The summed E-state index contributed by atoms with van der Waals surface area (Å²) < 4.78 is 0. The molecule has 34 heavy (non-hydrogen) atoms. The predicted octanol–water partition coefficient (Wildman–Crippen LogP) is -6.36. The Kier molecular flexibility index (Phi) is 11.7. The molecule has 1 aliphatic rings. The Bertz CT molecular complexity index is 698. The molecular weight excluding hydrogens is 460 g/mol. The second-order valence-corrected chi connectivity index (χ2v) is 8.15. The fraction of sp³-hybridized carbons (Fsp3) is 0.700. The largest absolute Gasteiger partial charge is 0.394 e. The average molecular weight is 494 g/mol. The topological polar surface area (TPSA) is 243 Å². The summed E-state index contributed by atoms with van der Waals surface area (Å²) >= 11 is 0. The van der Waals surface area contributed by atoms with Gasteiger partial charge in [-0.15, -0.1) is 0 Å². The number of carbonyl (C=O) groups excluding carboxylic acids is 2. The zero-order valence-corrected chi connectivity index (χ0v) is 18.8. The van der Waals surface area contributed by atoms with Crippen molar-refractivity contribution in [2.45, 2.75) is 48.8 Å². The van der Waals surface area contributed by atoms with Crippen LogP contribution in [0.5, 0.6) is 0 Å². The third-order valence-corrected chi connectivity index (χ3v) is 5.44. The maximum atomic E-state index is 12.5. The van der Waals surface area contributed by atoms with Crippen molar-refractivity contribution in [1.82, 2.24) is 9.80 Å². The molecule has 0 aliphatic heterocycles. The minimum Gasteiger partial charge on any atom is -0.394 e. The van der Waals surface area contributed by atoms with E-state index in [0.29, 0.717) is 0 Å². The smallest absolute Gasteiger partial charge is 0.204 e. The van der Waals surface area contributed by atoms with Crippen molar-refractivity contribution in [1.29, 1.82) is 0 Å². The molecule has 0 saturated carbocycles. The van der Waals surface area contributed by atoms with Crippen LogP contribution in [0.15, 0.2) is 23.5 Å². The number of aliphatic hydroxyl groups excluding tert-OH is 10. The van der Waals surface area contributed by atoms with Gasteiger partial charge in [-0.3, -0.25) is 9.59 Å². The van der Waals surface area contributed by atoms with Gasteiger partial charge in [-0.2, -0.15) is 0 Å². The van der Waals surface area contributed by atoms with Crippen molar-refractivity contribution >= 4 is 11.6 Å². The first-order chi connectivity index (χ1) is 15.8. The molecule has 196 valence electrons. The Morgan fingerprint density at radius 3 is 1.12 bits per heavy atom. The Hall–Kier alpha value is -1.98. The molecule has 0 radical (unpaired) electrons. The molecule has 1 rings (SSSR count). The number of aliphatic hydroxyl groups is 10. The maximum Gasteiger partial charge on any atom is 0.204 e. The molecule has 14 nitrogen and oxygen atoms in total. The van der Waals surface area contributed by atoms with Crippen LogP contribution in [0, 0.1) is 0 Å². The standard InChI is InChI=1S/C20H34N2O12/c1-21(5-13(27)17(31)19(33)15(29)7-23)9-3-12(26)10(4-11(9)25)22(2)6-14(28)18(32)20(34)16(30)8-24/h3-4,13-20,23-24,27-34H,5-8H2,1-2H3. The van der Waals surface area contributed by atoms with Crippen molar-refractivity contribution in [3.8, 4) is 0 Å². The monoisotopic (exact) mass is 494 g/mol. The van der Waals surface area contributed by atoms with Crippen LogP contribution >= 0.6 is 0 Å². The van der Waals surface area contributed by atoms with Gasteiger partial charge in [0.2, 0.25) is 11.6 Å². The normalized spacial score (nSPS) is 21.5. The Morgan fingerprint density at radius 2 is 0.853 bits per heavy atom. The van der Waals surface area contributed by atoms with Crippen LogP contribution in [-0.4, -0.2) is 162 Å². The summed E-state index contributed by atoms with van der Waals surface area (Å²) in [5, 5.41) is 95.8. The van der Waals surface area contributed by atoms with E-state index in [9.17, 15) is 50.4 Å². The Balaban J connectivity index is 2.82. The number of hydrogen-bond acceptors (Lipinski definition) is 14. The highest BCUT2D eigenvalue weighted by Crippen LogP contribution is 2.19. The number of allylic oxidation sites excluding steroid dienone is 2. The fourth-order valence-corrected chi connectivity index (χ4v) is 3.24. The number of hydrogen-bond donors (Lipinski definition) is 10. The zero-order valence-electron chi connectivity index (χ0n) is 18.8. The molecule has 8 unspecified atom stereocenters. The molecular formula is C20H34N2O12. The summed E-state index contributed by atoms with van der Waals surface area (Å²) in [5.41, 5.74) is -0.319. The molecule has 0 bridgehead atoms. The predicted molar refractivity (Wildman–Crippen MR) is 114 cm³/mol. The molecule has 0 aromatic heterocycles. The van der Waals surface area contributed by atoms with E-state index < -0.39 is 86.7 Å². The number of nitrogens with zero attached hydrogens (tertiary/aromatic N) is 2. The van der Waals surface area contributed by atoms with Gasteiger partial charge in [-0.25, -0.2) is 0 Å². The number of rotatable bonds is 14. The fourth-order valence-electron chi connectivity index (χ4n) is 3.24. The van der Waals surface area contributed by atoms with Crippen molar-refractivity contribution in [2.75, 3.05) is 40.4 Å². The highest BCUT2D eigenvalue weighted by Gasteiger charge is 2.34. The number of carbonyl (C=O) groups is 2. The third-order valence-electron chi connectivity index (χ3n) is 5.44. The summed E-state index contributed by atoms with van der Waals surface area (Å²) in [5.74, 6) is -1.35. The number of ketones is 2. The molecule has 10 N–H and O–H groups in total. The van der Waals surface area contributed by atoms with Crippen LogP contribution in [0.25, 0.3) is 0 Å². The lowest BCUT2D eigenvalue weighted by Gasteiger charge is -2.32. The molecule has 0 fully saturated rings. The van der Waals surface area contributed by atoms with Gasteiger partial charge in [0.25, 0.3) is 0 Å². The van der Waals surface area contributed by atoms with Crippen molar-refractivity contribution in [2.24, 2.45) is 0 Å². The van der Waals surface area contributed by atoms with Gasteiger partial charge in [-0.1, -0.05) is 0 Å². The van der Waals surface area contributed by atoms with Gasteiger partial charge in [0.1, 0.15) is 36.6 Å². The van der Waals surface area contributed by atoms with Crippen LogP contribution in [-0.2, 0) is 9.59 Å². The Morgan fingerprint density at radius 1 is 0.588 bits per heavy atom. The first-order valence-electron chi connectivity index (χ1n) is 10.4. The summed E-state index contributed by atoms with van der Waals surface area (Å²) in [6, 6.07) is 0. The van der Waals surface area contributed by atoms with E-state index in [1.165, 1.54) is 14.1 Å². The summed E-state index contributed by atoms with van der Waals surface area (Å²) in [7, 11) is 2.66. The van der Waals surface area contributed by atoms with E-state index in [4.69, 9.17) is 10.2 Å². The summed E-state index contributed by atoms with van der Waals surface area (Å²) in [4.78, 5) is 27.4. The van der Waals surface area contributed by atoms with Crippen LogP contribution in [0.4, 0.5) is 0 Å². The molecule has 0 spiro atoms. The van der Waals surface area contributed by atoms with Crippen LogP contribution in [0.1, 0.15) is 0 Å². The number of likely N-dealkylation sites (N-methyl/N-ethyl adjacent to an activating group) is 2. The maximum absolute atomic E-state index is 12.5. The molecule has 8 atom stereocenters. The van der Waals surface area contributed by atoms with Gasteiger partial charge in [0.05, 0.1) is 36.8 Å². The van der Waals surface area contributed by atoms with Crippen molar-refractivity contribution in [3.63, 3.8) is 0 Å². The minimum absolute atomic E-state index is 0.160. The SMILES string of the molecule is CN(CC(O)C(O)C(O)C(O)CO)C1=CC(=O)C(N(C)CC(O)C(O)C(O)C(O)CO)=CC1=O. The molecule has 0 amide bonds. The zero-order chi connectivity index (χ0) is 26.3. The molecule has 0 aromatic rings. The third kappa shape index (κ3) is 7.51. The highest BCUT2D eigenvalue weighted by molar-refractivity contribution is 6.19. The van der Waals surface area contributed by atoms with Crippen LogP contribution in [0.3, 0.4) is 0 Å². The van der Waals surface area contributed by atoms with Crippen LogP contribution < -0.4 is 0 Å². The summed E-state index contributed by atoms with van der Waals surface area (Å²) in [6.45, 7) is -2.55. The second-order valence-electron chi connectivity index (χ2n) is 8.15. The van der Waals surface area contributed by atoms with Crippen molar-refractivity contribution in [3.05, 3.63) is 23.5 Å². The first kappa shape index (κ1) is 30.1. The molecule has 0 aromatic carbocycles.